The Hall–Kier alpha value is -1.74. The van der Waals surface area contributed by atoms with Crippen molar-refractivity contribution in [2.24, 2.45) is 11.3 Å². The van der Waals surface area contributed by atoms with Crippen LogP contribution in [0.5, 0.6) is 0 Å². The molecule has 2 atom stereocenters. The molecule has 2 heterocycles. The molecule has 23 heavy (non-hydrogen) atoms. The number of carbonyl (C=O) groups is 2. The van der Waals surface area contributed by atoms with E-state index in [1.54, 1.807) is 4.90 Å². The molecule has 1 saturated heterocycles. The maximum Gasteiger partial charge on any atom is 0.227 e. The van der Waals surface area contributed by atoms with Gasteiger partial charge in [-0.3, -0.25) is 9.59 Å². The molecule has 124 valence electrons. The van der Waals surface area contributed by atoms with E-state index < -0.39 is 11.3 Å². The third-order valence-electron chi connectivity index (χ3n) is 4.05. The lowest BCUT2D eigenvalue weighted by Gasteiger charge is -2.36. The van der Waals surface area contributed by atoms with Crippen molar-refractivity contribution in [3.05, 3.63) is 16.1 Å². The number of aryl methyl sites for hydroxylation is 1. The summed E-state index contributed by atoms with van der Waals surface area (Å²) in [5, 5.41) is 11.8. The molecule has 0 N–H and O–H groups in total. The Balaban J connectivity index is 2.13. The topological polar surface area (TPSA) is 74.1 Å². The molecular formula is C17H23N3O2S. The van der Waals surface area contributed by atoms with Crippen molar-refractivity contribution in [1.29, 1.82) is 5.26 Å². The summed E-state index contributed by atoms with van der Waals surface area (Å²) in [5.41, 5.74) is 0.373. The van der Waals surface area contributed by atoms with Crippen molar-refractivity contribution in [3.8, 4) is 6.07 Å². The maximum atomic E-state index is 12.8. The van der Waals surface area contributed by atoms with Crippen molar-refractivity contribution >= 4 is 23.0 Å². The smallest absolute Gasteiger partial charge is 0.227 e. The highest BCUT2D eigenvalue weighted by atomic mass is 32.1. The monoisotopic (exact) mass is 333 g/mol. The highest BCUT2D eigenvalue weighted by Crippen LogP contribution is 2.29. The quantitative estimate of drug-likeness (QED) is 0.852. The molecule has 1 aliphatic rings. The standard InChI is InChI=1S/C17H23N3O2S/c1-11-10-23-15(19-11)13(8-18)14(21)12-6-5-7-20(9-12)16(22)17(2,3)4/h10,12-13H,5-7,9H2,1-4H3/t12-,13+/m1/s1. The number of carbonyl (C=O) groups excluding carboxylic acids is 2. The Bertz CT molecular complexity index is 639. The molecule has 0 aromatic carbocycles. The number of aromatic nitrogens is 1. The van der Waals surface area contributed by atoms with Gasteiger partial charge in [-0.05, 0) is 19.8 Å². The number of likely N-dealkylation sites (tertiary alicyclic amines) is 1. The van der Waals surface area contributed by atoms with Crippen LogP contribution in [0.25, 0.3) is 0 Å². The summed E-state index contributed by atoms with van der Waals surface area (Å²) in [6.07, 6.45) is 1.53. The van der Waals surface area contributed by atoms with Gasteiger partial charge in [0.15, 0.2) is 11.7 Å². The minimum Gasteiger partial charge on any atom is -0.342 e. The molecule has 0 spiro atoms. The number of amides is 1. The number of hydrogen-bond acceptors (Lipinski definition) is 5. The molecule has 5 nitrogen and oxygen atoms in total. The van der Waals surface area contributed by atoms with Crippen molar-refractivity contribution < 1.29 is 9.59 Å². The van der Waals surface area contributed by atoms with Crippen molar-refractivity contribution in [1.82, 2.24) is 9.88 Å². The minimum atomic E-state index is -0.816. The predicted molar refractivity (Wildman–Crippen MR) is 89.0 cm³/mol. The van der Waals surface area contributed by atoms with Gasteiger partial charge in [-0.25, -0.2) is 4.98 Å². The Morgan fingerprint density at radius 3 is 2.70 bits per heavy atom. The first-order chi connectivity index (χ1) is 10.7. The van der Waals surface area contributed by atoms with Gasteiger partial charge in [0, 0.05) is 35.5 Å². The normalized spacial score (nSPS) is 20.0. The van der Waals surface area contributed by atoms with Crippen LogP contribution in [0.1, 0.15) is 50.2 Å². The van der Waals surface area contributed by atoms with Crippen LogP contribution in [0.15, 0.2) is 5.38 Å². The van der Waals surface area contributed by atoms with Gasteiger partial charge in [0.25, 0.3) is 0 Å². The van der Waals surface area contributed by atoms with E-state index in [9.17, 15) is 14.9 Å². The first-order valence-electron chi connectivity index (χ1n) is 7.88. The van der Waals surface area contributed by atoms with Crippen LogP contribution < -0.4 is 0 Å². The molecule has 0 bridgehead atoms. The number of thiazole rings is 1. The molecule has 0 saturated carbocycles. The molecule has 0 unspecified atom stereocenters. The molecule has 1 amide bonds. The van der Waals surface area contributed by atoms with Crippen LogP contribution in [-0.4, -0.2) is 34.7 Å². The summed E-state index contributed by atoms with van der Waals surface area (Å²) in [6, 6.07) is 2.10. The SMILES string of the molecule is Cc1csc([C@@H](C#N)C(=O)[C@@H]2CCCN(C(=O)C(C)(C)C)C2)n1. The zero-order valence-electron chi connectivity index (χ0n) is 14.1. The highest BCUT2D eigenvalue weighted by molar-refractivity contribution is 7.09. The Morgan fingerprint density at radius 2 is 2.17 bits per heavy atom. The van der Waals surface area contributed by atoms with Crippen LogP contribution in [0.3, 0.4) is 0 Å². The second-order valence-corrected chi connectivity index (χ2v) is 8.02. The molecular weight excluding hydrogens is 310 g/mol. The summed E-state index contributed by atoms with van der Waals surface area (Å²) in [7, 11) is 0. The van der Waals surface area contributed by atoms with E-state index in [1.165, 1.54) is 11.3 Å². The Kier molecular flexibility index (Phi) is 5.20. The fourth-order valence-corrected chi connectivity index (χ4v) is 3.69. The summed E-state index contributed by atoms with van der Waals surface area (Å²) in [6.45, 7) is 8.61. The zero-order chi connectivity index (χ0) is 17.2. The first kappa shape index (κ1) is 17.6. The number of Topliss-reactive ketones (excluding diaryl/α,β-unsaturated/α-hetero) is 1. The lowest BCUT2D eigenvalue weighted by molar-refractivity contribution is -0.142. The third-order valence-corrected chi connectivity index (χ3v) is 5.08. The van der Waals surface area contributed by atoms with E-state index in [0.717, 1.165) is 18.5 Å². The first-order valence-corrected chi connectivity index (χ1v) is 8.76. The van der Waals surface area contributed by atoms with E-state index >= 15 is 0 Å². The van der Waals surface area contributed by atoms with Crippen molar-refractivity contribution in [2.45, 2.75) is 46.5 Å². The molecule has 1 aliphatic heterocycles. The van der Waals surface area contributed by atoms with Crippen LogP contribution in [0.2, 0.25) is 0 Å². The third kappa shape index (κ3) is 3.97. The molecule has 6 heteroatoms. The van der Waals surface area contributed by atoms with Gasteiger partial charge < -0.3 is 4.90 Å². The molecule has 0 radical (unpaired) electrons. The minimum absolute atomic E-state index is 0.0635. The molecule has 0 aliphatic carbocycles. The summed E-state index contributed by atoms with van der Waals surface area (Å²) in [5.74, 6) is -1.13. The average Bonchev–Trinajstić information content (AvgIpc) is 2.92. The van der Waals surface area contributed by atoms with Crippen LogP contribution >= 0.6 is 11.3 Å². The van der Waals surface area contributed by atoms with Gasteiger partial charge in [-0.1, -0.05) is 20.8 Å². The van der Waals surface area contributed by atoms with E-state index in [4.69, 9.17) is 0 Å². The van der Waals surface area contributed by atoms with Crippen LogP contribution in [0.4, 0.5) is 0 Å². The fourth-order valence-electron chi connectivity index (χ4n) is 2.85. The lowest BCUT2D eigenvalue weighted by Crippen LogP contribution is -2.47. The fraction of sp³-hybridized carbons (Fsp3) is 0.647. The maximum absolute atomic E-state index is 12.8. The number of hydrogen-bond donors (Lipinski definition) is 0. The van der Waals surface area contributed by atoms with Crippen LogP contribution in [0, 0.1) is 29.6 Å². The number of ketones is 1. The van der Waals surface area contributed by atoms with E-state index in [1.807, 2.05) is 33.1 Å². The highest BCUT2D eigenvalue weighted by Gasteiger charge is 2.36. The van der Waals surface area contributed by atoms with Crippen molar-refractivity contribution in [3.63, 3.8) is 0 Å². The summed E-state index contributed by atoms with van der Waals surface area (Å²) >= 11 is 1.35. The summed E-state index contributed by atoms with van der Waals surface area (Å²) in [4.78, 5) is 31.3. The van der Waals surface area contributed by atoms with Gasteiger partial charge in [-0.15, -0.1) is 11.3 Å². The van der Waals surface area contributed by atoms with Gasteiger partial charge in [-0.2, -0.15) is 5.26 Å². The largest absolute Gasteiger partial charge is 0.342 e. The second kappa shape index (κ2) is 6.79. The van der Waals surface area contributed by atoms with E-state index in [0.29, 0.717) is 18.1 Å². The number of rotatable bonds is 3. The molecule has 1 aromatic heterocycles. The van der Waals surface area contributed by atoms with Crippen LogP contribution in [-0.2, 0) is 9.59 Å². The lowest BCUT2D eigenvalue weighted by atomic mass is 9.86. The molecule has 1 aromatic rings. The van der Waals surface area contributed by atoms with Crippen molar-refractivity contribution in [2.75, 3.05) is 13.1 Å². The van der Waals surface area contributed by atoms with Gasteiger partial charge in [0.1, 0.15) is 5.01 Å². The zero-order valence-corrected chi connectivity index (χ0v) is 14.9. The average molecular weight is 333 g/mol. The Labute approximate surface area is 141 Å². The van der Waals surface area contributed by atoms with Gasteiger partial charge in [0.05, 0.1) is 6.07 Å². The number of piperidine rings is 1. The molecule has 2 rings (SSSR count). The van der Waals surface area contributed by atoms with Gasteiger partial charge in [0.2, 0.25) is 5.91 Å². The number of nitriles is 1. The Morgan fingerprint density at radius 1 is 1.48 bits per heavy atom. The van der Waals surface area contributed by atoms with E-state index in [-0.39, 0.29) is 17.6 Å². The summed E-state index contributed by atoms with van der Waals surface area (Å²) < 4.78 is 0. The molecule has 1 fully saturated rings. The van der Waals surface area contributed by atoms with Gasteiger partial charge >= 0.3 is 0 Å². The van der Waals surface area contributed by atoms with E-state index in [2.05, 4.69) is 11.1 Å². The number of nitrogens with zero attached hydrogens (tertiary/aromatic N) is 3. The second-order valence-electron chi connectivity index (χ2n) is 7.13. The predicted octanol–water partition coefficient (Wildman–Crippen LogP) is 2.91.